The molecule has 1 aliphatic rings. The van der Waals surface area contributed by atoms with Crippen LogP contribution in [0.15, 0.2) is 41.5 Å². The normalized spacial score (nSPS) is 15.4. The minimum absolute atomic E-state index is 0.349. The molecule has 7 heteroatoms. The average Bonchev–Trinajstić information content (AvgIpc) is 3.22. The van der Waals surface area contributed by atoms with Gasteiger partial charge in [0.2, 0.25) is 0 Å². The lowest BCUT2D eigenvalue weighted by atomic mass is 10.1. The molecule has 0 radical (unpaired) electrons. The topological polar surface area (TPSA) is 74.8 Å². The summed E-state index contributed by atoms with van der Waals surface area (Å²) in [6.45, 7) is 6.69. The van der Waals surface area contributed by atoms with Gasteiger partial charge >= 0.3 is 0 Å². The molecule has 1 aromatic heterocycles. The van der Waals surface area contributed by atoms with Gasteiger partial charge in [0.15, 0.2) is 5.96 Å². The third-order valence-electron chi connectivity index (χ3n) is 4.88. The summed E-state index contributed by atoms with van der Waals surface area (Å²) in [7, 11) is 2.03. The second-order valence-electron chi connectivity index (χ2n) is 7.24. The summed E-state index contributed by atoms with van der Waals surface area (Å²) in [6.07, 6.45) is 5.15. The van der Waals surface area contributed by atoms with Crippen molar-refractivity contribution in [3.05, 3.63) is 42.4 Å². The number of H-pyrrole nitrogens is 1. The molecule has 158 valence electrons. The molecule has 3 rings (SSSR count). The summed E-state index contributed by atoms with van der Waals surface area (Å²) in [5, 5.41) is 3.36. The quantitative estimate of drug-likeness (QED) is 0.385. The van der Waals surface area contributed by atoms with Crippen molar-refractivity contribution in [2.45, 2.75) is 38.8 Å². The van der Waals surface area contributed by atoms with Crippen molar-refractivity contribution in [1.82, 2.24) is 20.2 Å². The number of rotatable bonds is 9. The third kappa shape index (κ3) is 6.87. The number of hydrogen-bond donors (Lipinski definition) is 2. The van der Waals surface area contributed by atoms with Crippen LogP contribution in [-0.2, 0) is 16.0 Å². The number of aliphatic imine (C=N–C) groups is 1. The summed E-state index contributed by atoms with van der Waals surface area (Å²) < 4.78 is 11.3. The minimum atomic E-state index is 0.349. The van der Waals surface area contributed by atoms with Crippen molar-refractivity contribution in [2.75, 3.05) is 40.0 Å². The lowest BCUT2D eigenvalue weighted by Crippen LogP contribution is -2.38. The molecule has 0 amide bonds. The van der Waals surface area contributed by atoms with E-state index in [2.05, 4.69) is 39.2 Å². The molecule has 2 N–H and O–H groups in total. The third-order valence-corrected chi connectivity index (χ3v) is 4.88. The second kappa shape index (κ2) is 11.6. The Labute approximate surface area is 173 Å². The van der Waals surface area contributed by atoms with Crippen LogP contribution in [0.5, 0.6) is 0 Å². The first kappa shape index (κ1) is 21.3. The number of benzene rings is 1. The molecule has 29 heavy (non-hydrogen) atoms. The molecule has 0 aliphatic carbocycles. The Bertz CT molecular complexity index is 741. The Hall–Kier alpha value is -2.38. The van der Waals surface area contributed by atoms with Crippen molar-refractivity contribution in [3.8, 4) is 11.3 Å². The largest absolute Gasteiger partial charge is 0.381 e. The van der Waals surface area contributed by atoms with Crippen molar-refractivity contribution in [2.24, 2.45) is 4.99 Å². The minimum Gasteiger partial charge on any atom is -0.381 e. The maximum Gasteiger partial charge on any atom is 0.194 e. The Morgan fingerprint density at radius 1 is 1.31 bits per heavy atom. The van der Waals surface area contributed by atoms with E-state index < -0.39 is 0 Å². The van der Waals surface area contributed by atoms with Gasteiger partial charge < -0.3 is 24.7 Å². The molecule has 0 saturated carbocycles. The maximum absolute atomic E-state index is 5.93. The van der Waals surface area contributed by atoms with Crippen molar-refractivity contribution in [3.63, 3.8) is 0 Å². The smallest absolute Gasteiger partial charge is 0.194 e. The molecule has 1 saturated heterocycles. The first-order chi connectivity index (χ1) is 14.3. The molecule has 0 spiro atoms. The number of ether oxygens (including phenoxy) is 2. The number of imidazole rings is 1. The van der Waals surface area contributed by atoms with Crippen LogP contribution in [0, 0.1) is 0 Å². The van der Waals surface area contributed by atoms with E-state index in [4.69, 9.17) is 14.5 Å². The van der Waals surface area contributed by atoms with Gasteiger partial charge in [0.1, 0.15) is 5.82 Å². The number of nitrogens with one attached hydrogen (secondary N) is 2. The fraction of sp³-hybridized carbons (Fsp3) is 0.545. The molecule has 7 nitrogen and oxygen atoms in total. The monoisotopic (exact) mass is 399 g/mol. The van der Waals surface area contributed by atoms with E-state index in [9.17, 15) is 0 Å². The Balaban J connectivity index is 1.47. The average molecular weight is 400 g/mol. The number of guanidine groups is 1. The summed E-state index contributed by atoms with van der Waals surface area (Å²) in [5.41, 5.74) is 2.17. The van der Waals surface area contributed by atoms with Gasteiger partial charge in [-0.3, -0.25) is 4.99 Å². The zero-order valence-corrected chi connectivity index (χ0v) is 17.6. The molecule has 0 unspecified atom stereocenters. The summed E-state index contributed by atoms with van der Waals surface area (Å²) in [6, 6.07) is 10.2. The van der Waals surface area contributed by atoms with E-state index in [1.807, 2.05) is 31.4 Å². The Kier molecular flexibility index (Phi) is 8.52. The van der Waals surface area contributed by atoms with Crippen LogP contribution in [-0.4, -0.2) is 66.9 Å². The number of nitrogens with zero attached hydrogens (tertiary/aromatic N) is 3. The Morgan fingerprint density at radius 2 is 2.10 bits per heavy atom. The van der Waals surface area contributed by atoms with Crippen molar-refractivity contribution >= 4 is 5.96 Å². The zero-order chi connectivity index (χ0) is 20.3. The molecule has 0 atom stereocenters. The first-order valence-electron chi connectivity index (χ1n) is 10.5. The molecular formula is C22H33N5O2. The van der Waals surface area contributed by atoms with Gasteiger partial charge in [-0.1, -0.05) is 30.3 Å². The van der Waals surface area contributed by atoms with Gasteiger partial charge in [0.05, 0.1) is 24.5 Å². The molecule has 0 bridgehead atoms. The molecule has 2 aromatic rings. The second-order valence-corrected chi connectivity index (χ2v) is 7.24. The highest BCUT2D eigenvalue weighted by molar-refractivity contribution is 5.79. The van der Waals surface area contributed by atoms with Crippen molar-refractivity contribution < 1.29 is 9.47 Å². The predicted octanol–water partition coefficient (Wildman–Crippen LogP) is 3.06. The van der Waals surface area contributed by atoms with Gasteiger partial charge in [0.25, 0.3) is 0 Å². The first-order valence-corrected chi connectivity index (χ1v) is 10.5. The van der Waals surface area contributed by atoms with Crippen molar-refractivity contribution in [1.29, 1.82) is 0 Å². The molecule has 1 fully saturated rings. The van der Waals surface area contributed by atoms with Gasteiger partial charge in [-0.2, -0.15) is 0 Å². The van der Waals surface area contributed by atoms with E-state index in [0.29, 0.717) is 12.6 Å². The van der Waals surface area contributed by atoms with Gasteiger partial charge in [-0.05, 0) is 31.7 Å². The SMILES string of the molecule is CCNC(=NCCCOC1CCOCC1)N(C)Cc1ncc(-c2ccccc2)[nH]1. The fourth-order valence-electron chi connectivity index (χ4n) is 3.32. The summed E-state index contributed by atoms with van der Waals surface area (Å²) >= 11 is 0. The van der Waals surface area contributed by atoms with Crippen LogP contribution in [0.2, 0.25) is 0 Å². The van der Waals surface area contributed by atoms with Crippen LogP contribution >= 0.6 is 0 Å². The standard InChI is InChI=1S/C22H33N5O2/c1-3-23-22(24-12-7-13-29-19-10-14-28-15-11-19)27(2)17-21-25-16-20(26-21)18-8-5-4-6-9-18/h4-6,8-9,16,19H,3,7,10-15,17H2,1-2H3,(H,23,24)(H,25,26). The highest BCUT2D eigenvalue weighted by Gasteiger charge is 2.13. The zero-order valence-electron chi connectivity index (χ0n) is 17.6. The van der Waals surface area contributed by atoms with Crippen LogP contribution < -0.4 is 5.32 Å². The maximum atomic E-state index is 5.93. The predicted molar refractivity (Wildman–Crippen MR) is 116 cm³/mol. The fourth-order valence-corrected chi connectivity index (χ4v) is 3.32. The van der Waals surface area contributed by atoms with E-state index in [0.717, 1.165) is 75.2 Å². The van der Waals surface area contributed by atoms with E-state index in [1.165, 1.54) is 0 Å². The molecular weight excluding hydrogens is 366 g/mol. The molecule has 1 aliphatic heterocycles. The van der Waals surface area contributed by atoms with E-state index in [1.54, 1.807) is 0 Å². The number of aromatic amines is 1. The van der Waals surface area contributed by atoms with Crippen LogP contribution in [0.25, 0.3) is 11.3 Å². The molecule has 1 aromatic carbocycles. The van der Waals surface area contributed by atoms with Crippen LogP contribution in [0.1, 0.15) is 32.0 Å². The van der Waals surface area contributed by atoms with Crippen LogP contribution in [0.3, 0.4) is 0 Å². The number of aromatic nitrogens is 2. The highest BCUT2D eigenvalue weighted by Crippen LogP contribution is 2.16. The van der Waals surface area contributed by atoms with Crippen LogP contribution in [0.4, 0.5) is 0 Å². The van der Waals surface area contributed by atoms with E-state index >= 15 is 0 Å². The summed E-state index contributed by atoms with van der Waals surface area (Å²) in [4.78, 5) is 14.8. The van der Waals surface area contributed by atoms with Gasteiger partial charge in [-0.25, -0.2) is 4.98 Å². The highest BCUT2D eigenvalue weighted by atomic mass is 16.5. The van der Waals surface area contributed by atoms with Gasteiger partial charge in [-0.15, -0.1) is 0 Å². The lowest BCUT2D eigenvalue weighted by Gasteiger charge is -2.22. The Morgan fingerprint density at radius 3 is 2.86 bits per heavy atom. The lowest BCUT2D eigenvalue weighted by molar-refractivity contribution is -0.0318. The van der Waals surface area contributed by atoms with E-state index in [-0.39, 0.29) is 0 Å². The van der Waals surface area contributed by atoms with Gasteiger partial charge in [0, 0.05) is 40.0 Å². The summed E-state index contributed by atoms with van der Waals surface area (Å²) in [5.74, 6) is 1.80. The number of hydrogen-bond acceptors (Lipinski definition) is 4. The molecule has 2 heterocycles.